The van der Waals surface area contributed by atoms with Gasteiger partial charge in [0.1, 0.15) is 0 Å². The van der Waals surface area contributed by atoms with Crippen LogP contribution in [0.2, 0.25) is 0 Å². The predicted octanol–water partition coefficient (Wildman–Crippen LogP) is 5.28. The van der Waals surface area contributed by atoms with E-state index in [2.05, 4.69) is 27.7 Å². The second-order valence-corrected chi connectivity index (χ2v) is 6.95. The normalized spacial score (nSPS) is 34.7. The molecule has 0 heteroatoms. The maximum atomic E-state index is 2.48. The van der Waals surface area contributed by atoms with Gasteiger partial charge >= 0.3 is 0 Å². The van der Waals surface area contributed by atoms with Crippen molar-refractivity contribution in [1.82, 2.24) is 0 Å². The predicted molar refractivity (Wildman–Crippen MR) is 71.4 cm³/mol. The Morgan fingerprint density at radius 1 is 1.00 bits per heavy atom. The summed E-state index contributed by atoms with van der Waals surface area (Å²) in [6, 6.07) is 0. The van der Waals surface area contributed by atoms with Gasteiger partial charge in [0.2, 0.25) is 0 Å². The summed E-state index contributed by atoms with van der Waals surface area (Å²) >= 11 is 0. The van der Waals surface area contributed by atoms with E-state index in [-0.39, 0.29) is 0 Å². The Labute approximate surface area is 102 Å². The largest absolute Gasteiger partial charge is 0.0654 e. The Bertz CT molecular complexity index is 208. The molecule has 0 N–H and O–H groups in total. The van der Waals surface area contributed by atoms with Crippen LogP contribution in [0.3, 0.4) is 0 Å². The maximum Gasteiger partial charge on any atom is -0.0292 e. The summed E-state index contributed by atoms with van der Waals surface area (Å²) in [7, 11) is 0. The van der Waals surface area contributed by atoms with E-state index in [9.17, 15) is 0 Å². The first-order chi connectivity index (χ1) is 7.61. The minimum absolute atomic E-state index is 0.732. The highest BCUT2D eigenvalue weighted by molar-refractivity contribution is 5.13. The van der Waals surface area contributed by atoms with Gasteiger partial charge in [0.05, 0.1) is 0 Å². The van der Waals surface area contributed by atoms with Crippen LogP contribution in [-0.2, 0) is 0 Å². The zero-order chi connectivity index (χ0) is 11.8. The summed E-state index contributed by atoms with van der Waals surface area (Å²) in [5.74, 6) is 4.37. The molecule has 2 bridgehead atoms. The Kier molecular flexibility index (Phi) is 3.66. The van der Waals surface area contributed by atoms with Crippen molar-refractivity contribution in [3.63, 3.8) is 0 Å². The lowest BCUT2D eigenvalue weighted by Crippen LogP contribution is -2.65. The average molecular weight is 222 g/mol. The first-order valence-corrected chi connectivity index (χ1v) is 7.61. The van der Waals surface area contributed by atoms with Crippen molar-refractivity contribution in [2.75, 3.05) is 0 Å². The molecule has 3 aliphatic rings. The molecule has 16 heavy (non-hydrogen) atoms. The Hall–Kier alpha value is 0. The summed E-state index contributed by atoms with van der Waals surface area (Å²) in [5, 5.41) is 0. The molecular weight excluding hydrogens is 192 g/mol. The molecular formula is C16H30. The lowest BCUT2D eigenvalue weighted by Gasteiger charge is -2.71. The van der Waals surface area contributed by atoms with E-state index in [1.54, 1.807) is 12.8 Å². The first kappa shape index (κ1) is 12.5. The Morgan fingerprint density at radius 2 is 1.56 bits per heavy atom. The third-order valence-corrected chi connectivity index (χ3v) is 5.75. The van der Waals surface area contributed by atoms with Crippen LogP contribution < -0.4 is 0 Å². The van der Waals surface area contributed by atoms with Crippen LogP contribution in [0.5, 0.6) is 0 Å². The minimum Gasteiger partial charge on any atom is -0.0654 e. The molecule has 3 rings (SSSR count). The molecule has 3 fully saturated rings. The van der Waals surface area contributed by atoms with Crippen molar-refractivity contribution in [2.45, 2.75) is 72.6 Å². The molecule has 0 spiro atoms. The molecule has 0 saturated heterocycles. The topological polar surface area (TPSA) is 0 Å². The van der Waals surface area contributed by atoms with Crippen LogP contribution in [0.25, 0.3) is 0 Å². The van der Waals surface area contributed by atoms with E-state index < -0.39 is 0 Å². The maximum absolute atomic E-state index is 2.48. The molecule has 0 nitrogen and oxygen atoms in total. The van der Waals surface area contributed by atoms with Crippen LogP contribution in [0.4, 0.5) is 0 Å². The molecule has 2 unspecified atom stereocenters. The van der Waals surface area contributed by atoms with Gasteiger partial charge < -0.3 is 0 Å². The third kappa shape index (κ3) is 1.93. The SMILES string of the molecule is CCCC(CCC)CCC1C2CC1C2(C)C. The van der Waals surface area contributed by atoms with Crippen molar-refractivity contribution in [3.05, 3.63) is 0 Å². The van der Waals surface area contributed by atoms with Crippen LogP contribution in [0.1, 0.15) is 72.6 Å². The average Bonchev–Trinajstić information content (AvgIpc) is 2.15. The third-order valence-electron chi connectivity index (χ3n) is 5.75. The van der Waals surface area contributed by atoms with Gasteiger partial charge in [-0.1, -0.05) is 59.8 Å². The summed E-state index contributed by atoms with van der Waals surface area (Å²) < 4.78 is 0. The fraction of sp³-hybridized carbons (Fsp3) is 1.00. The summed E-state index contributed by atoms with van der Waals surface area (Å²) in [6.45, 7) is 9.65. The van der Waals surface area contributed by atoms with E-state index in [0.29, 0.717) is 0 Å². The molecule has 0 aromatic heterocycles. The highest BCUT2D eigenvalue weighted by Gasteiger charge is 2.65. The van der Waals surface area contributed by atoms with Gasteiger partial charge in [-0.3, -0.25) is 0 Å². The molecule has 94 valence electrons. The molecule has 0 aromatic rings. The Balaban J connectivity index is 1.68. The highest BCUT2D eigenvalue weighted by Crippen LogP contribution is 2.72. The van der Waals surface area contributed by atoms with Gasteiger partial charge in [0.15, 0.2) is 0 Å². The molecule has 0 radical (unpaired) electrons. The number of hydrogen-bond acceptors (Lipinski definition) is 0. The van der Waals surface area contributed by atoms with Gasteiger partial charge in [-0.05, 0) is 41.9 Å². The van der Waals surface area contributed by atoms with Crippen molar-refractivity contribution in [1.29, 1.82) is 0 Å². The fourth-order valence-corrected chi connectivity index (χ4v) is 4.49. The van der Waals surface area contributed by atoms with Gasteiger partial charge in [0.25, 0.3) is 0 Å². The smallest absolute Gasteiger partial charge is 0.0292 e. The van der Waals surface area contributed by atoms with Crippen LogP contribution in [0, 0.1) is 29.1 Å². The minimum atomic E-state index is 0.732. The van der Waals surface area contributed by atoms with Crippen molar-refractivity contribution >= 4 is 0 Å². The van der Waals surface area contributed by atoms with Gasteiger partial charge in [-0.15, -0.1) is 0 Å². The van der Waals surface area contributed by atoms with E-state index in [1.807, 2.05) is 0 Å². The molecule has 3 saturated carbocycles. The molecule has 0 heterocycles. The van der Waals surface area contributed by atoms with Crippen LogP contribution >= 0.6 is 0 Å². The first-order valence-electron chi connectivity index (χ1n) is 7.61. The quantitative estimate of drug-likeness (QED) is 0.550. The Morgan fingerprint density at radius 3 is 1.94 bits per heavy atom. The number of hydrogen-bond donors (Lipinski definition) is 0. The lowest BCUT2D eigenvalue weighted by molar-refractivity contribution is -0.230. The standard InChI is InChI=1S/C16H30/c1-5-7-12(8-6-2)9-10-13-14-11-15(13)16(14,3)4/h12-15H,5-11H2,1-4H3. The summed E-state index contributed by atoms with van der Waals surface area (Å²) in [6.07, 6.45) is 10.3. The van der Waals surface area contributed by atoms with E-state index in [4.69, 9.17) is 0 Å². The lowest BCUT2D eigenvalue weighted by atomic mass is 9.33. The van der Waals surface area contributed by atoms with Crippen molar-refractivity contribution < 1.29 is 0 Å². The highest BCUT2D eigenvalue weighted by atomic mass is 14.7. The van der Waals surface area contributed by atoms with E-state index in [1.165, 1.54) is 32.1 Å². The van der Waals surface area contributed by atoms with E-state index in [0.717, 1.165) is 29.1 Å². The van der Waals surface area contributed by atoms with Gasteiger partial charge in [0, 0.05) is 0 Å². The van der Waals surface area contributed by atoms with Gasteiger partial charge in [-0.25, -0.2) is 0 Å². The van der Waals surface area contributed by atoms with Crippen LogP contribution in [0.15, 0.2) is 0 Å². The molecule has 0 aromatic carbocycles. The summed E-state index contributed by atoms with van der Waals surface area (Å²) in [4.78, 5) is 0. The number of rotatable bonds is 7. The van der Waals surface area contributed by atoms with E-state index >= 15 is 0 Å². The monoisotopic (exact) mass is 222 g/mol. The molecule has 3 aliphatic carbocycles. The van der Waals surface area contributed by atoms with Gasteiger partial charge in [-0.2, -0.15) is 0 Å². The second-order valence-electron chi connectivity index (χ2n) is 6.95. The summed E-state index contributed by atoms with van der Waals surface area (Å²) in [5.41, 5.74) is 0.732. The van der Waals surface area contributed by atoms with Crippen molar-refractivity contribution in [3.8, 4) is 0 Å². The zero-order valence-corrected chi connectivity index (χ0v) is 11.8. The van der Waals surface area contributed by atoms with Crippen LogP contribution in [-0.4, -0.2) is 0 Å². The van der Waals surface area contributed by atoms with Crippen molar-refractivity contribution in [2.24, 2.45) is 29.1 Å². The molecule has 2 atom stereocenters. The molecule has 0 aliphatic heterocycles. The second kappa shape index (κ2) is 4.70. The zero-order valence-electron chi connectivity index (χ0n) is 11.8. The fourth-order valence-electron chi connectivity index (χ4n) is 4.49. The molecule has 0 amide bonds.